The van der Waals surface area contributed by atoms with E-state index in [9.17, 15) is 0 Å². The van der Waals surface area contributed by atoms with Crippen molar-refractivity contribution in [1.29, 1.82) is 0 Å². The van der Waals surface area contributed by atoms with E-state index in [-0.39, 0.29) is 6.61 Å². The van der Waals surface area contributed by atoms with Crippen LogP contribution in [0.3, 0.4) is 0 Å². The zero-order valence-electron chi connectivity index (χ0n) is 11.6. The van der Waals surface area contributed by atoms with Crippen molar-refractivity contribution < 1.29 is 9.84 Å². The summed E-state index contributed by atoms with van der Waals surface area (Å²) >= 11 is 4.37. The van der Waals surface area contributed by atoms with Crippen LogP contribution in [0.5, 0.6) is 0 Å². The van der Waals surface area contributed by atoms with Crippen LogP contribution >= 0.6 is 12.6 Å². The lowest BCUT2D eigenvalue weighted by atomic mass is 10.1. The highest BCUT2D eigenvalue weighted by molar-refractivity contribution is 7.81. The number of aliphatic hydroxyl groups is 1. The van der Waals surface area contributed by atoms with Gasteiger partial charge in [-0.15, -0.1) is 12.6 Å². The van der Waals surface area contributed by atoms with Gasteiger partial charge in [0.15, 0.2) is 0 Å². The molecule has 0 aromatic rings. The maximum atomic E-state index is 8.82. The Kier molecular flexibility index (Phi) is 11.5. The van der Waals surface area contributed by atoms with E-state index in [1.54, 1.807) is 0 Å². The Labute approximate surface area is 113 Å². The van der Waals surface area contributed by atoms with E-state index in [0.29, 0.717) is 6.42 Å². The van der Waals surface area contributed by atoms with Gasteiger partial charge >= 0.3 is 0 Å². The van der Waals surface area contributed by atoms with Crippen molar-refractivity contribution in [1.82, 2.24) is 0 Å². The first kappa shape index (κ1) is 17.3. The Balaban J connectivity index is 3.18. The molecule has 0 aliphatic rings. The smallest absolute Gasteiger partial charge is 0.110 e. The van der Waals surface area contributed by atoms with Crippen molar-refractivity contribution in [2.24, 2.45) is 0 Å². The second-order valence-corrected chi connectivity index (χ2v) is 5.92. The fraction of sp³-hybridized carbons (Fsp3) is 1.00. The van der Waals surface area contributed by atoms with Crippen LogP contribution in [0.1, 0.15) is 71.6 Å². The third-order valence-corrected chi connectivity index (χ3v) is 3.34. The monoisotopic (exact) mass is 262 g/mol. The molecule has 0 heterocycles. The first-order valence-electron chi connectivity index (χ1n) is 7.09. The van der Waals surface area contributed by atoms with Crippen LogP contribution in [0.15, 0.2) is 0 Å². The Hall–Kier alpha value is 0.270. The van der Waals surface area contributed by atoms with E-state index >= 15 is 0 Å². The number of ether oxygens (including phenoxy) is 1. The number of unbranched alkanes of at least 4 members (excludes halogenated alkanes) is 7. The Morgan fingerprint density at radius 1 is 1.00 bits per heavy atom. The summed E-state index contributed by atoms with van der Waals surface area (Å²) in [4.78, 5) is -0.462. The zero-order valence-corrected chi connectivity index (χ0v) is 12.5. The minimum absolute atomic E-state index is 0.136. The maximum absolute atomic E-state index is 8.82. The minimum Gasteiger partial charge on any atom is -0.396 e. The van der Waals surface area contributed by atoms with Gasteiger partial charge in [-0.2, -0.15) is 0 Å². The van der Waals surface area contributed by atoms with Gasteiger partial charge < -0.3 is 9.84 Å². The molecule has 2 nitrogen and oxygen atoms in total. The van der Waals surface area contributed by atoms with Gasteiger partial charge in [0.1, 0.15) is 4.93 Å². The first-order valence-corrected chi connectivity index (χ1v) is 7.54. The van der Waals surface area contributed by atoms with Crippen LogP contribution in [0, 0.1) is 0 Å². The van der Waals surface area contributed by atoms with Crippen LogP contribution in [-0.4, -0.2) is 23.3 Å². The van der Waals surface area contributed by atoms with Gasteiger partial charge in [0, 0.05) is 19.6 Å². The Morgan fingerprint density at radius 2 is 1.53 bits per heavy atom. The lowest BCUT2D eigenvalue weighted by Crippen LogP contribution is -2.23. The molecule has 0 bridgehead atoms. The van der Waals surface area contributed by atoms with Crippen molar-refractivity contribution in [2.75, 3.05) is 13.2 Å². The number of thiol groups is 1. The molecule has 0 amide bonds. The molecule has 0 radical (unpaired) electrons. The molecule has 1 atom stereocenters. The summed E-state index contributed by atoms with van der Waals surface area (Å²) in [6.45, 7) is 5.06. The predicted molar refractivity (Wildman–Crippen MR) is 77.7 cm³/mol. The average Bonchev–Trinajstić information content (AvgIpc) is 2.27. The minimum atomic E-state index is -0.462. The standard InChI is InChI=1S/C14H30O2S/c1-3-4-5-6-7-8-9-10-13-16-14(2,17)11-12-15/h15,17H,3-13H2,1-2H3. The van der Waals surface area contributed by atoms with Gasteiger partial charge in [0.05, 0.1) is 0 Å². The summed E-state index contributed by atoms with van der Waals surface area (Å²) in [5.41, 5.74) is 0. The molecule has 104 valence electrons. The molecule has 0 aromatic heterocycles. The van der Waals surface area contributed by atoms with Crippen molar-refractivity contribution in [3.8, 4) is 0 Å². The molecule has 1 unspecified atom stereocenters. The van der Waals surface area contributed by atoms with E-state index < -0.39 is 4.93 Å². The highest BCUT2D eigenvalue weighted by Gasteiger charge is 2.17. The molecule has 0 spiro atoms. The lowest BCUT2D eigenvalue weighted by molar-refractivity contribution is 0.0213. The second-order valence-electron chi connectivity index (χ2n) is 4.97. The van der Waals surface area contributed by atoms with E-state index in [4.69, 9.17) is 9.84 Å². The second kappa shape index (κ2) is 11.4. The molecule has 0 aliphatic carbocycles. The number of aliphatic hydroxyl groups excluding tert-OH is 1. The van der Waals surface area contributed by atoms with Gasteiger partial charge in [-0.3, -0.25) is 0 Å². The number of hydrogen-bond donors (Lipinski definition) is 2. The zero-order chi connectivity index (χ0) is 13.0. The molecule has 0 fully saturated rings. The Bertz CT molecular complexity index is 160. The highest BCUT2D eigenvalue weighted by atomic mass is 32.1. The fourth-order valence-corrected chi connectivity index (χ4v) is 2.00. The molecular weight excluding hydrogens is 232 g/mol. The van der Waals surface area contributed by atoms with Crippen LogP contribution in [0.4, 0.5) is 0 Å². The lowest BCUT2D eigenvalue weighted by Gasteiger charge is -2.23. The Morgan fingerprint density at radius 3 is 2.06 bits per heavy atom. The first-order chi connectivity index (χ1) is 8.12. The topological polar surface area (TPSA) is 29.5 Å². The van der Waals surface area contributed by atoms with E-state index in [0.717, 1.165) is 13.0 Å². The number of hydrogen-bond acceptors (Lipinski definition) is 3. The summed E-state index contributed by atoms with van der Waals surface area (Å²) in [7, 11) is 0. The van der Waals surface area contributed by atoms with Gasteiger partial charge in [-0.25, -0.2) is 0 Å². The van der Waals surface area contributed by atoms with Crippen LogP contribution in [0.25, 0.3) is 0 Å². The molecule has 0 saturated carbocycles. The number of rotatable bonds is 12. The van der Waals surface area contributed by atoms with E-state index in [1.807, 2.05) is 6.92 Å². The summed E-state index contributed by atoms with van der Waals surface area (Å²) in [6.07, 6.45) is 11.1. The highest BCUT2D eigenvalue weighted by Crippen LogP contribution is 2.20. The molecule has 3 heteroatoms. The van der Waals surface area contributed by atoms with Crippen molar-refractivity contribution in [2.45, 2.75) is 76.6 Å². The molecule has 17 heavy (non-hydrogen) atoms. The molecule has 0 aromatic carbocycles. The van der Waals surface area contributed by atoms with E-state index in [1.165, 1.54) is 44.9 Å². The van der Waals surface area contributed by atoms with Crippen LogP contribution in [-0.2, 0) is 4.74 Å². The van der Waals surface area contributed by atoms with Gasteiger partial charge in [-0.1, -0.05) is 51.9 Å². The van der Waals surface area contributed by atoms with Gasteiger partial charge in [-0.05, 0) is 13.3 Å². The fourth-order valence-electron chi connectivity index (χ4n) is 1.81. The van der Waals surface area contributed by atoms with Crippen molar-refractivity contribution in [3.63, 3.8) is 0 Å². The normalized spacial score (nSPS) is 14.8. The predicted octanol–water partition coefficient (Wildman–Crippen LogP) is 4.17. The molecule has 0 aliphatic heterocycles. The van der Waals surface area contributed by atoms with Crippen molar-refractivity contribution >= 4 is 12.6 Å². The largest absolute Gasteiger partial charge is 0.396 e. The van der Waals surface area contributed by atoms with Gasteiger partial charge in [0.25, 0.3) is 0 Å². The summed E-state index contributed by atoms with van der Waals surface area (Å²) in [6, 6.07) is 0. The summed E-state index contributed by atoms with van der Waals surface area (Å²) < 4.78 is 5.62. The third-order valence-electron chi connectivity index (χ3n) is 2.99. The third kappa shape index (κ3) is 12.5. The molecule has 1 N–H and O–H groups in total. The molecule has 0 rings (SSSR count). The SMILES string of the molecule is CCCCCCCCCCOC(C)(S)CCO. The summed E-state index contributed by atoms with van der Waals surface area (Å²) in [5, 5.41) is 8.82. The quantitative estimate of drug-likeness (QED) is 0.314. The average molecular weight is 262 g/mol. The van der Waals surface area contributed by atoms with Gasteiger partial charge in [0.2, 0.25) is 0 Å². The van der Waals surface area contributed by atoms with Crippen molar-refractivity contribution in [3.05, 3.63) is 0 Å². The van der Waals surface area contributed by atoms with E-state index in [2.05, 4.69) is 19.6 Å². The molecular formula is C14H30O2S. The van der Waals surface area contributed by atoms with Crippen LogP contribution < -0.4 is 0 Å². The molecule has 0 saturated heterocycles. The maximum Gasteiger partial charge on any atom is 0.110 e. The van der Waals surface area contributed by atoms with Crippen LogP contribution in [0.2, 0.25) is 0 Å². The summed E-state index contributed by atoms with van der Waals surface area (Å²) in [5.74, 6) is 0.